The van der Waals surface area contributed by atoms with Crippen molar-refractivity contribution in [1.82, 2.24) is 15.0 Å². The molecule has 100 valence electrons. The van der Waals surface area contributed by atoms with Crippen LogP contribution < -0.4 is 10.5 Å². The summed E-state index contributed by atoms with van der Waals surface area (Å²) in [5, 5.41) is 0.874. The van der Waals surface area contributed by atoms with Crippen molar-refractivity contribution >= 4 is 26.8 Å². The van der Waals surface area contributed by atoms with Crippen molar-refractivity contribution in [2.24, 2.45) is 0 Å². The highest BCUT2D eigenvalue weighted by molar-refractivity contribution is 7.21. The van der Waals surface area contributed by atoms with Crippen molar-refractivity contribution < 1.29 is 0 Å². The highest BCUT2D eigenvalue weighted by atomic mass is 32.1. The van der Waals surface area contributed by atoms with Gasteiger partial charge in [-0.3, -0.25) is 4.79 Å². The van der Waals surface area contributed by atoms with E-state index in [0.717, 1.165) is 24.6 Å². The van der Waals surface area contributed by atoms with Crippen LogP contribution in [0.15, 0.2) is 35.4 Å². The van der Waals surface area contributed by atoms with E-state index in [1.54, 1.807) is 0 Å². The Kier molecular flexibility index (Phi) is 2.56. The van der Waals surface area contributed by atoms with Crippen LogP contribution in [-0.2, 0) is 13.0 Å². The maximum atomic E-state index is 11.7. The number of aromatic nitrogens is 3. The minimum atomic E-state index is -0.171. The van der Waals surface area contributed by atoms with E-state index in [4.69, 9.17) is 0 Å². The molecule has 0 aliphatic carbocycles. The van der Waals surface area contributed by atoms with Crippen LogP contribution in [0.3, 0.4) is 0 Å². The van der Waals surface area contributed by atoms with Gasteiger partial charge in [-0.15, -0.1) is 0 Å². The molecule has 0 atom stereocenters. The summed E-state index contributed by atoms with van der Waals surface area (Å²) in [7, 11) is 0. The van der Waals surface area contributed by atoms with Gasteiger partial charge >= 0.3 is 0 Å². The molecule has 3 heterocycles. The van der Waals surface area contributed by atoms with Crippen LogP contribution in [0.4, 0.5) is 5.13 Å². The third-order valence-corrected chi connectivity index (χ3v) is 4.62. The van der Waals surface area contributed by atoms with Gasteiger partial charge in [0.15, 0.2) is 15.5 Å². The normalized spacial score (nSPS) is 14.5. The first-order valence-corrected chi connectivity index (χ1v) is 7.29. The van der Waals surface area contributed by atoms with Crippen LogP contribution in [0.1, 0.15) is 11.1 Å². The number of rotatable bonds is 1. The third kappa shape index (κ3) is 1.80. The van der Waals surface area contributed by atoms with Crippen molar-refractivity contribution in [2.75, 3.05) is 11.4 Å². The second-order valence-corrected chi connectivity index (χ2v) is 5.78. The Labute approximate surface area is 118 Å². The van der Waals surface area contributed by atoms with E-state index in [1.807, 2.05) is 0 Å². The zero-order chi connectivity index (χ0) is 13.5. The van der Waals surface area contributed by atoms with Crippen LogP contribution >= 0.6 is 11.3 Å². The molecule has 1 N–H and O–H groups in total. The van der Waals surface area contributed by atoms with Crippen molar-refractivity contribution in [1.29, 1.82) is 0 Å². The van der Waals surface area contributed by atoms with E-state index in [-0.39, 0.29) is 5.56 Å². The molecule has 1 aromatic carbocycles. The van der Waals surface area contributed by atoms with E-state index in [9.17, 15) is 4.79 Å². The molecule has 0 saturated carbocycles. The Morgan fingerprint density at radius 3 is 2.95 bits per heavy atom. The minimum absolute atomic E-state index is 0.171. The van der Waals surface area contributed by atoms with Gasteiger partial charge in [-0.2, -0.15) is 0 Å². The SMILES string of the molecule is O=c1[nH]cnc2sc(N3CCc4ccccc4C3)nc12. The number of H-pyrrole nitrogens is 1. The molecule has 0 bridgehead atoms. The molecule has 0 amide bonds. The lowest BCUT2D eigenvalue weighted by molar-refractivity contribution is 0.729. The van der Waals surface area contributed by atoms with Gasteiger partial charge in [-0.05, 0) is 17.5 Å². The fourth-order valence-electron chi connectivity index (χ4n) is 2.55. The van der Waals surface area contributed by atoms with E-state index in [1.165, 1.54) is 28.8 Å². The second kappa shape index (κ2) is 4.42. The number of nitrogens with zero attached hydrogens (tertiary/aromatic N) is 3. The maximum Gasteiger partial charge on any atom is 0.278 e. The molecule has 6 heteroatoms. The lowest BCUT2D eigenvalue weighted by Crippen LogP contribution is -2.30. The summed E-state index contributed by atoms with van der Waals surface area (Å²) in [4.78, 5) is 25.8. The molecular formula is C14H12N4OS. The van der Waals surface area contributed by atoms with Gasteiger partial charge in [0.1, 0.15) is 0 Å². The lowest BCUT2D eigenvalue weighted by Gasteiger charge is -2.28. The molecule has 0 radical (unpaired) electrons. The Morgan fingerprint density at radius 1 is 1.25 bits per heavy atom. The van der Waals surface area contributed by atoms with Crippen molar-refractivity contribution in [3.05, 3.63) is 52.1 Å². The van der Waals surface area contributed by atoms with Gasteiger partial charge < -0.3 is 9.88 Å². The molecule has 2 aromatic heterocycles. The first kappa shape index (κ1) is 11.6. The number of thiazole rings is 1. The van der Waals surface area contributed by atoms with Crippen LogP contribution in [0.2, 0.25) is 0 Å². The quantitative estimate of drug-likeness (QED) is 0.742. The Balaban J connectivity index is 1.74. The average molecular weight is 284 g/mol. The van der Waals surface area contributed by atoms with E-state index in [2.05, 4.69) is 44.1 Å². The largest absolute Gasteiger partial charge is 0.343 e. The lowest BCUT2D eigenvalue weighted by atomic mass is 10.0. The van der Waals surface area contributed by atoms with E-state index < -0.39 is 0 Å². The minimum Gasteiger partial charge on any atom is -0.343 e. The molecule has 5 nitrogen and oxygen atoms in total. The average Bonchev–Trinajstić information content (AvgIpc) is 2.92. The first-order valence-electron chi connectivity index (χ1n) is 6.47. The molecular weight excluding hydrogens is 272 g/mol. The Morgan fingerprint density at radius 2 is 2.10 bits per heavy atom. The predicted octanol–water partition coefficient (Wildman–Crippen LogP) is 1.94. The van der Waals surface area contributed by atoms with Gasteiger partial charge in [0.05, 0.1) is 6.33 Å². The third-order valence-electron chi connectivity index (χ3n) is 3.59. The maximum absolute atomic E-state index is 11.7. The molecule has 20 heavy (non-hydrogen) atoms. The summed E-state index contributed by atoms with van der Waals surface area (Å²) in [6.45, 7) is 1.77. The number of benzene rings is 1. The van der Waals surface area contributed by atoms with Gasteiger partial charge in [0, 0.05) is 13.1 Å². The van der Waals surface area contributed by atoms with Gasteiger partial charge in [0.25, 0.3) is 5.56 Å². The fourth-order valence-corrected chi connectivity index (χ4v) is 3.48. The van der Waals surface area contributed by atoms with Crippen molar-refractivity contribution in [3.8, 4) is 0 Å². The molecule has 4 rings (SSSR count). The van der Waals surface area contributed by atoms with Crippen LogP contribution in [0.25, 0.3) is 10.3 Å². The number of nitrogens with one attached hydrogen (secondary N) is 1. The Bertz CT molecular complexity index is 838. The number of fused-ring (bicyclic) bond motifs is 2. The molecule has 0 saturated heterocycles. The van der Waals surface area contributed by atoms with Gasteiger partial charge in [-0.1, -0.05) is 35.6 Å². The molecule has 1 aliphatic rings. The van der Waals surface area contributed by atoms with Gasteiger partial charge in [-0.25, -0.2) is 9.97 Å². The standard InChI is InChI=1S/C14H12N4OS/c19-12-11-13(16-8-15-12)20-14(17-11)18-6-5-9-3-1-2-4-10(9)7-18/h1-4,8H,5-7H2,(H,15,16,19). The summed E-state index contributed by atoms with van der Waals surface area (Å²) >= 11 is 1.48. The van der Waals surface area contributed by atoms with Crippen molar-refractivity contribution in [3.63, 3.8) is 0 Å². The monoisotopic (exact) mass is 284 g/mol. The zero-order valence-electron chi connectivity index (χ0n) is 10.7. The van der Waals surface area contributed by atoms with Crippen LogP contribution in [-0.4, -0.2) is 21.5 Å². The number of hydrogen-bond acceptors (Lipinski definition) is 5. The number of aromatic amines is 1. The van der Waals surface area contributed by atoms with Crippen LogP contribution in [0, 0.1) is 0 Å². The topological polar surface area (TPSA) is 61.9 Å². The second-order valence-electron chi connectivity index (χ2n) is 4.82. The molecule has 0 spiro atoms. The van der Waals surface area contributed by atoms with E-state index in [0.29, 0.717) is 10.3 Å². The number of hydrogen-bond donors (Lipinski definition) is 1. The van der Waals surface area contributed by atoms with Gasteiger partial charge in [0.2, 0.25) is 0 Å². The summed E-state index contributed by atoms with van der Waals surface area (Å²) in [6.07, 6.45) is 2.44. The Hall–Kier alpha value is -2.21. The number of anilines is 1. The van der Waals surface area contributed by atoms with Crippen LogP contribution in [0.5, 0.6) is 0 Å². The van der Waals surface area contributed by atoms with Crippen molar-refractivity contribution in [2.45, 2.75) is 13.0 Å². The summed E-state index contributed by atoms with van der Waals surface area (Å²) < 4.78 is 0. The first-order chi connectivity index (χ1) is 9.81. The molecule has 3 aromatic rings. The zero-order valence-corrected chi connectivity index (χ0v) is 11.5. The van der Waals surface area contributed by atoms with E-state index >= 15 is 0 Å². The fraction of sp³-hybridized carbons (Fsp3) is 0.214. The highest BCUT2D eigenvalue weighted by Gasteiger charge is 2.19. The highest BCUT2D eigenvalue weighted by Crippen LogP contribution is 2.29. The molecule has 0 unspecified atom stereocenters. The molecule has 0 fully saturated rings. The summed E-state index contributed by atoms with van der Waals surface area (Å²) in [6, 6.07) is 8.47. The summed E-state index contributed by atoms with van der Waals surface area (Å²) in [5.74, 6) is 0. The predicted molar refractivity (Wildman–Crippen MR) is 79.2 cm³/mol. The smallest absolute Gasteiger partial charge is 0.278 e. The summed E-state index contributed by atoms with van der Waals surface area (Å²) in [5.41, 5.74) is 3.00. The molecule has 1 aliphatic heterocycles.